The van der Waals surface area contributed by atoms with Crippen LogP contribution in [0.2, 0.25) is 0 Å². The van der Waals surface area contributed by atoms with Gasteiger partial charge in [0.15, 0.2) is 23.2 Å². The van der Waals surface area contributed by atoms with E-state index in [2.05, 4.69) is 20.3 Å². The predicted molar refractivity (Wildman–Crippen MR) is 107 cm³/mol. The zero-order valence-corrected chi connectivity index (χ0v) is 16.9. The molecule has 4 aromatic heterocycles. The average molecular weight is 406 g/mol. The molecule has 0 amide bonds. The lowest BCUT2D eigenvalue weighted by molar-refractivity contribution is -0.119. The van der Waals surface area contributed by atoms with Crippen molar-refractivity contribution in [2.45, 2.75) is 46.1 Å². The highest BCUT2D eigenvalue weighted by Crippen LogP contribution is 2.26. The summed E-state index contributed by atoms with van der Waals surface area (Å²) in [5.74, 6) is 2.09. The molecule has 0 unspecified atom stereocenters. The van der Waals surface area contributed by atoms with Gasteiger partial charge in [-0.3, -0.25) is 4.98 Å². The number of rotatable bonds is 6. The Balaban J connectivity index is 1.40. The minimum atomic E-state index is -0.127. The van der Waals surface area contributed by atoms with Crippen molar-refractivity contribution in [1.82, 2.24) is 29.9 Å². The molecule has 30 heavy (non-hydrogen) atoms. The van der Waals surface area contributed by atoms with E-state index < -0.39 is 0 Å². The van der Waals surface area contributed by atoms with Gasteiger partial charge in [-0.05, 0) is 44.5 Å². The van der Waals surface area contributed by atoms with E-state index in [0.29, 0.717) is 41.6 Å². The molecule has 5 rings (SSSR count). The fourth-order valence-corrected chi connectivity index (χ4v) is 3.51. The number of ether oxygens (including phenoxy) is 2. The molecule has 154 valence electrons. The van der Waals surface area contributed by atoms with Crippen molar-refractivity contribution in [3.63, 3.8) is 0 Å². The maximum absolute atomic E-state index is 5.78. The Morgan fingerprint density at radius 3 is 2.80 bits per heavy atom. The molecule has 1 saturated heterocycles. The van der Waals surface area contributed by atoms with Crippen molar-refractivity contribution in [1.29, 1.82) is 0 Å². The zero-order chi connectivity index (χ0) is 20.5. The third-order valence-corrected chi connectivity index (χ3v) is 4.93. The van der Waals surface area contributed by atoms with Gasteiger partial charge < -0.3 is 13.9 Å². The first-order valence-electron chi connectivity index (χ1n) is 9.98. The van der Waals surface area contributed by atoms with Crippen molar-refractivity contribution >= 4 is 11.2 Å². The molecule has 0 bridgehead atoms. The fraction of sp³-hybridized carbons (Fsp3) is 0.381. The fourth-order valence-electron chi connectivity index (χ4n) is 3.51. The molecule has 4 aromatic rings. The van der Waals surface area contributed by atoms with Crippen LogP contribution in [0.4, 0.5) is 0 Å². The Labute approximate surface area is 173 Å². The minimum Gasteiger partial charge on any atom is -0.460 e. The third-order valence-electron chi connectivity index (χ3n) is 4.93. The average Bonchev–Trinajstić information content (AvgIpc) is 3.48. The van der Waals surface area contributed by atoms with Gasteiger partial charge >= 0.3 is 0 Å². The molecular formula is C21H22N6O3. The maximum Gasteiger partial charge on any atom is 0.183 e. The number of pyridine rings is 1. The standard InChI is InChI=1S/C21H22N6O3/c1-13-8-9-17(30-13)19-20-21(23-14(2)22-19)27(26-25-20)11-15-5-3-6-16(24-15)12-29-18-7-4-10-28-18/h3,5-6,8-9,18H,4,7,10-12H2,1-2H3/t18-/m0/s1. The number of hydrogen-bond acceptors (Lipinski definition) is 8. The minimum absolute atomic E-state index is 0.127. The number of aryl methyl sites for hydroxylation is 2. The van der Waals surface area contributed by atoms with Crippen molar-refractivity contribution in [3.05, 3.63) is 53.3 Å². The molecule has 5 heterocycles. The highest BCUT2D eigenvalue weighted by atomic mass is 16.7. The SMILES string of the molecule is Cc1nc(-c2ccc(C)o2)c2nnn(Cc3cccc(CO[C@H]4CCCO4)n3)c2n1. The number of furan rings is 1. The van der Waals surface area contributed by atoms with Gasteiger partial charge in [0.25, 0.3) is 0 Å². The van der Waals surface area contributed by atoms with E-state index in [1.807, 2.05) is 44.2 Å². The van der Waals surface area contributed by atoms with Gasteiger partial charge in [0.1, 0.15) is 17.3 Å². The van der Waals surface area contributed by atoms with Crippen molar-refractivity contribution in [2.24, 2.45) is 0 Å². The van der Waals surface area contributed by atoms with Gasteiger partial charge in [0.05, 0.1) is 24.5 Å². The summed E-state index contributed by atoms with van der Waals surface area (Å²) in [6.45, 7) is 5.36. The second kappa shape index (κ2) is 7.92. The predicted octanol–water partition coefficient (Wildman–Crippen LogP) is 3.19. The highest BCUT2D eigenvalue weighted by molar-refractivity contribution is 5.85. The molecule has 0 radical (unpaired) electrons. The zero-order valence-electron chi connectivity index (χ0n) is 16.9. The molecule has 0 spiro atoms. The van der Waals surface area contributed by atoms with Crippen LogP contribution in [-0.2, 0) is 22.6 Å². The Hall–Kier alpha value is -3.17. The number of hydrogen-bond donors (Lipinski definition) is 0. The second-order valence-electron chi connectivity index (χ2n) is 7.32. The van der Waals surface area contributed by atoms with Crippen LogP contribution in [0.5, 0.6) is 0 Å². The second-order valence-corrected chi connectivity index (χ2v) is 7.32. The molecule has 0 aliphatic carbocycles. The Morgan fingerprint density at radius 1 is 1.10 bits per heavy atom. The molecule has 9 heteroatoms. The highest BCUT2D eigenvalue weighted by Gasteiger charge is 2.18. The lowest BCUT2D eigenvalue weighted by atomic mass is 10.2. The normalized spacial score (nSPS) is 16.5. The molecule has 1 aliphatic heterocycles. The summed E-state index contributed by atoms with van der Waals surface area (Å²) in [7, 11) is 0. The van der Waals surface area contributed by atoms with Crippen LogP contribution in [-0.4, -0.2) is 42.8 Å². The lowest BCUT2D eigenvalue weighted by Crippen LogP contribution is -2.12. The largest absolute Gasteiger partial charge is 0.460 e. The van der Waals surface area contributed by atoms with E-state index in [1.54, 1.807) is 4.68 Å². The van der Waals surface area contributed by atoms with Crippen LogP contribution < -0.4 is 0 Å². The van der Waals surface area contributed by atoms with Crippen molar-refractivity contribution < 1.29 is 13.9 Å². The molecular weight excluding hydrogens is 384 g/mol. The van der Waals surface area contributed by atoms with E-state index in [1.165, 1.54) is 0 Å². The van der Waals surface area contributed by atoms with Gasteiger partial charge in [-0.15, -0.1) is 5.10 Å². The summed E-state index contributed by atoms with van der Waals surface area (Å²) >= 11 is 0. The van der Waals surface area contributed by atoms with Crippen LogP contribution in [0.1, 0.15) is 35.8 Å². The molecule has 0 saturated carbocycles. The monoisotopic (exact) mass is 406 g/mol. The van der Waals surface area contributed by atoms with E-state index in [9.17, 15) is 0 Å². The Bertz CT molecular complexity index is 1180. The number of nitrogens with zero attached hydrogens (tertiary/aromatic N) is 6. The van der Waals surface area contributed by atoms with E-state index >= 15 is 0 Å². The quantitative estimate of drug-likeness (QED) is 0.481. The summed E-state index contributed by atoms with van der Waals surface area (Å²) in [5.41, 5.74) is 3.59. The number of aromatic nitrogens is 6. The number of fused-ring (bicyclic) bond motifs is 1. The molecule has 1 atom stereocenters. The van der Waals surface area contributed by atoms with Crippen LogP contribution >= 0.6 is 0 Å². The first kappa shape index (κ1) is 18.8. The smallest absolute Gasteiger partial charge is 0.183 e. The van der Waals surface area contributed by atoms with E-state index in [-0.39, 0.29) is 6.29 Å². The summed E-state index contributed by atoms with van der Waals surface area (Å²) < 4.78 is 18.8. The molecule has 9 nitrogen and oxygen atoms in total. The van der Waals surface area contributed by atoms with Crippen LogP contribution in [0, 0.1) is 13.8 Å². The molecule has 1 aliphatic rings. The summed E-state index contributed by atoms with van der Waals surface area (Å²) in [6, 6.07) is 9.65. The summed E-state index contributed by atoms with van der Waals surface area (Å²) in [4.78, 5) is 13.8. The van der Waals surface area contributed by atoms with Gasteiger partial charge in [-0.2, -0.15) is 0 Å². The maximum atomic E-state index is 5.78. The van der Waals surface area contributed by atoms with Crippen LogP contribution in [0.25, 0.3) is 22.6 Å². The van der Waals surface area contributed by atoms with Crippen molar-refractivity contribution in [3.8, 4) is 11.5 Å². The summed E-state index contributed by atoms with van der Waals surface area (Å²) in [5, 5.41) is 8.61. The lowest BCUT2D eigenvalue weighted by Gasteiger charge is -2.11. The van der Waals surface area contributed by atoms with Gasteiger partial charge in [0.2, 0.25) is 0 Å². The topological polar surface area (TPSA) is 101 Å². The first-order chi connectivity index (χ1) is 14.7. The Morgan fingerprint density at radius 2 is 2.00 bits per heavy atom. The van der Waals surface area contributed by atoms with Crippen LogP contribution in [0.3, 0.4) is 0 Å². The van der Waals surface area contributed by atoms with E-state index in [4.69, 9.17) is 18.9 Å². The van der Waals surface area contributed by atoms with Gasteiger partial charge in [-0.1, -0.05) is 11.3 Å². The third kappa shape index (κ3) is 3.81. The van der Waals surface area contributed by atoms with Gasteiger partial charge in [-0.25, -0.2) is 14.6 Å². The van der Waals surface area contributed by atoms with Crippen molar-refractivity contribution in [2.75, 3.05) is 6.61 Å². The van der Waals surface area contributed by atoms with Crippen LogP contribution in [0.15, 0.2) is 34.7 Å². The first-order valence-corrected chi connectivity index (χ1v) is 9.98. The molecule has 1 fully saturated rings. The molecule has 0 aromatic carbocycles. The Kier molecular flexibility index (Phi) is 4.97. The van der Waals surface area contributed by atoms with E-state index in [0.717, 1.165) is 36.6 Å². The van der Waals surface area contributed by atoms with Gasteiger partial charge in [0, 0.05) is 13.0 Å². The summed E-state index contributed by atoms with van der Waals surface area (Å²) in [6.07, 6.45) is 1.84. The molecule has 0 N–H and O–H groups in total.